The molecule has 3 aromatic rings. The minimum Gasteiger partial charge on any atom is -0.320 e. The fourth-order valence-electron chi connectivity index (χ4n) is 3.13. The highest BCUT2D eigenvalue weighted by molar-refractivity contribution is 8.12. The molecule has 0 bridgehead atoms. The fraction of sp³-hybridized carbons (Fsp3) is 0.240. The molecule has 0 aliphatic heterocycles. The van der Waals surface area contributed by atoms with Crippen molar-refractivity contribution in [3.8, 4) is 0 Å². The Morgan fingerprint density at radius 3 is 1.97 bits per heavy atom. The predicted octanol–water partition coefficient (Wildman–Crippen LogP) is 6.85. The van der Waals surface area contributed by atoms with E-state index in [-0.39, 0.29) is 11.2 Å². The Hall–Kier alpha value is -2.34. The van der Waals surface area contributed by atoms with E-state index in [0.717, 1.165) is 16.8 Å². The van der Waals surface area contributed by atoms with E-state index in [1.165, 1.54) is 11.8 Å². The van der Waals surface area contributed by atoms with Crippen molar-refractivity contribution in [1.82, 2.24) is 0 Å². The van der Waals surface area contributed by atoms with E-state index in [1.54, 1.807) is 0 Å². The van der Waals surface area contributed by atoms with E-state index in [1.807, 2.05) is 71.8 Å². The van der Waals surface area contributed by atoms with Crippen LogP contribution in [0.25, 0.3) is 0 Å². The average Bonchev–Trinajstić information content (AvgIpc) is 2.76. The monoisotopic (exact) mass is 435 g/mol. The minimum atomic E-state index is -1.91. The summed E-state index contributed by atoms with van der Waals surface area (Å²) in [5.41, 5.74) is 3.20. The van der Waals surface area contributed by atoms with Crippen LogP contribution in [0.1, 0.15) is 23.6 Å². The van der Waals surface area contributed by atoms with Crippen molar-refractivity contribution in [3.63, 3.8) is 0 Å². The second-order valence-corrected chi connectivity index (χ2v) is 13.6. The van der Waals surface area contributed by atoms with E-state index in [0.29, 0.717) is 12.2 Å². The first-order chi connectivity index (χ1) is 14.4. The molecule has 0 aromatic heterocycles. The molecule has 0 aliphatic carbocycles. The van der Waals surface area contributed by atoms with Gasteiger partial charge in [0.05, 0.1) is 11.7 Å². The summed E-state index contributed by atoms with van der Waals surface area (Å²) in [6, 6.07) is 30.2. The molecule has 156 valence electrons. The molecule has 5 heteroatoms. The fourth-order valence-corrected chi connectivity index (χ4v) is 4.75. The molecule has 30 heavy (non-hydrogen) atoms. The highest BCUT2D eigenvalue weighted by atomic mass is 32.2. The maximum Gasteiger partial charge on any atom is 0.220 e. The second-order valence-electron chi connectivity index (χ2n) is 8.14. The lowest BCUT2D eigenvalue weighted by Crippen LogP contribution is -2.40. The Labute approximate surface area is 185 Å². The first-order valence-corrected chi connectivity index (χ1v) is 14.6. The lowest BCUT2D eigenvalue weighted by molar-refractivity contribution is -0.111. The summed E-state index contributed by atoms with van der Waals surface area (Å²) >= 11 is 1.37. The normalized spacial score (nSPS) is 12.4. The lowest BCUT2D eigenvalue weighted by atomic mass is 10.0. The lowest BCUT2D eigenvalue weighted by Gasteiger charge is -2.37. The van der Waals surface area contributed by atoms with Gasteiger partial charge in [-0.25, -0.2) is 0 Å². The molecule has 1 atom stereocenters. The van der Waals surface area contributed by atoms with Gasteiger partial charge in [0.2, 0.25) is 8.32 Å². The number of carbonyl (C=O) groups excluding carboxylic acids is 1. The first-order valence-electron chi connectivity index (χ1n) is 10.2. The van der Waals surface area contributed by atoms with Crippen LogP contribution in [0.3, 0.4) is 0 Å². The SMILES string of the molecule is C[Si](C)(C)ON(c1ccccc1)C(CC(=O)SCc1ccccc1)c1ccccc1. The zero-order chi connectivity index (χ0) is 21.4. The van der Waals surface area contributed by atoms with Crippen LogP contribution < -0.4 is 5.06 Å². The van der Waals surface area contributed by atoms with Crippen molar-refractivity contribution in [2.24, 2.45) is 0 Å². The number of nitrogens with zero attached hydrogens (tertiary/aromatic N) is 1. The molecule has 0 N–H and O–H groups in total. The molecule has 0 saturated heterocycles. The smallest absolute Gasteiger partial charge is 0.220 e. The average molecular weight is 436 g/mol. The number of thioether (sulfide) groups is 1. The van der Waals surface area contributed by atoms with Crippen molar-refractivity contribution in [1.29, 1.82) is 0 Å². The third kappa shape index (κ3) is 6.87. The van der Waals surface area contributed by atoms with Gasteiger partial charge in [-0.1, -0.05) is 90.6 Å². The van der Waals surface area contributed by atoms with Gasteiger partial charge in [0.1, 0.15) is 0 Å². The van der Waals surface area contributed by atoms with Gasteiger partial charge in [0.25, 0.3) is 0 Å². The number of carbonyl (C=O) groups is 1. The van der Waals surface area contributed by atoms with E-state index in [4.69, 9.17) is 4.53 Å². The van der Waals surface area contributed by atoms with Crippen LogP contribution in [0.15, 0.2) is 91.0 Å². The van der Waals surface area contributed by atoms with Crippen molar-refractivity contribution in [2.45, 2.75) is 37.9 Å². The number of hydrogen-bond donors (Lipinski definition) is 0. The van der Waals surface area contributed by atoms with Gasteiger partial charge >= 0.3 is 0 Å². The molecular formula is C25H29NO2SSi. The number of rotatable bonds is 9. The molecule has 0 spiro atoms. The van der Waals surface area contributed by atoms with Gasteiger partial charge in [-0.15, -0.1) is 0 Å². The van der Waals surface area contributed by atoms with Crippen molar-refractivity contribution >= 4 is 30.9 Å². The first kappa shape index (κ1) is 22.3. The minimum absolute atomic E-state index is 0.160. The van der Waals surface area contributed by atoms with Gasteiger partial charge in [-0.2, -0.15) is 0 Å². The third-order valence-corrected chi connectivity index (χ3v) is 6.16. The Balaban J connectivity index is 1.85. The Kier molecular flexibility index (Phi) is 7.91. The van der Waals surface area contributed by atoms with Gasteiger partial charge in [0.15, 0.2) is 5.12 Å². The molecule has 1 unspecified atom stereocenters. The number of hydrogen-bond acceptors (Lipinski definition) is 4. The van der Waals surface area contributed by atoms with E-state index in [2.05, 4.69) is 43.9 Å². The molecule has 0 fully saturated rings. The van der Waals surface area contributed by atoms with Crippen molar-refractivity contribution in [3.05, 3.63) is 102 Å². The number of benzene rings is 3. The highest BCUT2D eigenvalue weighted by Crippen LogP contribution is 2.33. The predicted molar refractivity (Wildman–Crippen MR) is 130 cm³/mol. The van der Waals surface area contributed by atoms with Crippen LogP contribution >= 0.6 is 11.8 Å². The molecule has 0 radical (unpaired) electrons. The molecule has 0 heterocycles. The van der Waals surface area contributed by atoms with Crippen molar-refractivity contribution < 1.29 is 9.32 Å². The molecule has 3 aromatic carbocycles. The summed E-state index contributed by atoms with van der Waals surface area (Å²) < 4.78 is 6.51. The van der Waals surface area contributed by atoms with Crippen molar-refractivity contribution in [2.75, 3.05) is 5.06 Å². The standard InChI is InChI=1S/C25H29NO2SSi/c1-30(2,3)28-26(23-17-11-6-12-18-23)24(22-15-9-5-10-16-22)19-25(27)29-20-21-13-7-4-8-14-21/h4-18,24H,19-20H2,1-3H3. The van der Waals surface area contributed by atoms with Crippen LogP contribution in [0.4, 0.5) is 5.69 Å². The van der Waals surface area contributed by atoms with E-state index >= 15 is 0 Å². The van der Waals surface area contributed by atoms with E-state index < -0.39 is 8.32 Å². The molecule has 0 aliphatic rings. The topological polar surface area (TPSA) is 29.5 Å². The molecule has 0 amide bonds. The zero-order valence-electron chi connectivity index (χ0n) is 17.8. The van der Waals surface area contributed by atoms with Gasteiger partial charge in [-0.3, -0.25) is 9.86 Å². The Bertz CT molecular complexity index is 914. The van der Waals surface area contributed by atoms with Gasteiger partial charge in [0, 0.05) is 12.2 Å². The summed E-state index contributed by atoms with van der Waals surface area (Å²) in [7, 11) is -1.91. The number of anilines is 1. The van der Waals surface area contributed by atoms with Crippen LogP contribution in [-0.4, -0.2) is 13.4 Å². The third-order valence-electron chi connectivity index (χ3n) is 4.45. The number of para-hydroxylation sites is 1. The highest BCUT2D eigenvalue weighted by Gasteiger charge is 2.29. The summed E-state index contributed by atoms with van der Waals surface area (Å²) in [6.07, 6.45) is 0.376. The second kappa shape index (κ2) is 10.6. The van der Waals surface area contributed by atoms with Gasteiger partial charge in [-0.05, 0) is 42.9 Å². The Morgan fingerprint density at radius 1 is 0.867 bits per heavy atom. The zero-order valence-corrected chi connectivity index (χ0v) is 19.6. The Morgan fingerprint density at radius 2 is 1.40 bits per heavy atom. The van der Waals surface area contributed by atoms with Crippen LogP contribution in [-0.2, 0) is 15.1 Å². The summed E-state index contributed by atoms with van der Waals surface area (Å²) in [5.74, 6) is 0.682. The van der Waals surface area contributed by atoms with E-state index in [9.17, 15) is 4.79 Å². The molecular weight excluding hydrogens is 406 g/mol. The van der Waals surface area contributed by atoms with Crippen LogP contribution in [0.5, 0.6) is 0 Å². The largest absolute Gasteiger partial charge is 0.320 e. The maximum absolute atomic E-state index is 13.0. The summed E-state index contributed by atoms with van der Waals surface area (Å²) in [6.45, 7) is 6.49. The number of hydroxylamine groups is 1. The van der Waals surface area contributed by atoms with Crippen LogP contribution in [0.2, 0.25) is 19.6 Å². The quantitative estimate of drug-likeness (QED) is 0.271. The molecule has 0 saturated carbocycles. The molecule has 3 rings (SSSR count). The molecule has 3 nitrogen and oxygen atoms in total. The summed E-state index contributed by atoms with van der Waals surface area (Å²) in [4.78, 5) is 13.0. The van der Waals surface area contributed by atoms with Crippen LogP contribution in [0, 0.1) is 0 Å². The van der Waals surface area contributed by atoms with Gasteiger partial charge < -0.3 is 4.53 Å². The maximum atomic E-state index is 13.0. The summed E-state index contributed by atoms with van der Waals surface area (Å²) in [5, 5.41) is 2.12.